The van der Waals surface area contributed by atoms with Crippen LogP contribution in [0.25, 0.3) is 0 Å². The molecule has 1 aromatic rings. The van der Waals surface area contributed by atoms with Crippen molar-refractivity contribution in [3.8, 4) is 0 Å². The fourth-order valence-electron chi connectivity index (χ4n) is 4.00. The van der Waals surface area contributed by atoms with E-state index >= 15 is 0 Å². The van der Waals surface area contributed by atoms with E-state index in [9.17, 15) is 9.59 Å². The minimum Gasteiger partial charge on any atom is -0.352 e. The molecule has 0 bridgehead atoms. The van der Waals surface area contributed by atoms with Gasteiger partial charge in [-0.3, -0.25) is 4.79 Å². The number of hydrogen-bond acceptors (Lipinski definition) is 2. The summed E-state index contributed by atoms with van der Waals surface area (Å²) < 4.78 is 0. The molecule has 0 spiro atoms. The summed E-state index contributed by atoms with van der Waals surface area (Å²) in [7, 11) is 0. The third-order valence-corrected chi connectivity index (χ3v) is 5.44. The van der Waals surface area contributed by atoms with Crippen LogP contribution in [0.5, 0.6) is 0 Å². The van der Waals surface area contributed by atoms with Crippen LogP contribution in [-0.2, 0) is 11.3 Å². The van der Waals surface area contributed by atoms with Gasteiger partial charge in [-0.05, 0) is 25.3 Å². The molecule has 1 aliphatic heterocycles. The summed E-state index contributed by atoms with van der Waals surface area (Å²) in [5.74, 6) is -0.0127. The van der Waals surface area contributed by atoms with E-state index < -0.39 is 0 Å². The Bertz CT molecular complexity index is 623. The van der Waals surface area contributed by atoms with Crippen LogP contribution in [0, 0.1) is 6.92 Å². The highest BCUT2D eigenvalue weighted by atomic mass is 16.2. The summed E-state index contributed by atoms with van der Waals surface area (Å²) in [5.41, 5.74) is 2.34. The second-order valence-electron chi connectivity index (χ2n) is 7.72. The number of carbonyl (C=O) groups is 2. The third-order valence-electron chi connectivity index (χ3n) is 5.44. The topological polar surface area (TPSA) is 52.6 Å². The molecule has 1 N–H and O–H groups in total. The van der Waals surface area contributed by atoms with E-state index in [-0.39, 0.29) is 24.5 Å². The summed E-state index contributed by atoms with van der Waals surface area (Å²) in [5, 5.41) is 3.15. The molecule has 5 nitrogen and oxygen atoms in total. The third kappa shape index (κ3) is 5.23. The average Bonchev–Trinajstić information content (AvgIpc) is 2.90. The molecule has 2 aliphatic rings. The van der Waals surface area contributed by atoms with E-state index in [4.69, 9.17) is 0 Å². The van der Waals surface area contributed by atoms with E-state index in [1.54, 1.807) is 4.90 Å². The van der Waals surface area contributed by atoms with Crippen molar-refractivity contribution in [1.29, 1.82) is 0 Å². The van der Waals surface area contributed by atoms with Gasteiger partial charge in [0.25, 0.3) is 0 Å². The van der Waals surface area contributed by atoms with Gasteiger partial charge in [-0.2, -0.15) is 0 Å². The van der Waals surface area contributed by atoms with E-state index in [2.05, 4.69) is 24.4 Å². The summed E-state index contributed by atoms with van der Waals surface area (Å²) in [6.45, 7) is 4.16. The quantitative estimate of drug-likeness (QED) is 0.877. The molecule has 0 unspecified atom stereocenters. The number of urea groups is 1. The molecule has 1 heterocycles. The minimum atomic E-state index is -0.0284. The normalized spacial score (nSPS) is 19.3. The summed E-state index contributed by atoms with van der Waals surface area (Å²) in [6.07, 6.45) is 8.38. The van der Waals surface area contributed by atoms with Crippen molar-refractivity contribution in [1.82, 2.24) is 15.1 Å². The molecular formula is C21H31N3O2. The summed E-state index contributed by atoms with van der Waals surface area (Å²) in [4.78, 5) is 28.5. The maximum atomic E-state index is 12.6. The van der Waals surface area contributed by atoms with Crippen LogP contribution in [0.4, 0.5) is 4.79 Å². The molecule has 3 rings (SSSR count). The maximum absolute atomic E-state index is 12.6. The lowest BCUT2D eigenvalue weighted by molar-refractivity contribution is -0.122. The first-order chi connectivity index (χ1) is 12.6. The molecule has 0 atom stereocenters. The first-order valence-electron chi connectivity index (χ1n) is 10.0. The first-order valence-corrected chi connectivity index (χ1v) is 10.0. The molecular weight excluding hydrogens is 326 g/mol. The molecule has 3 amide bonds. The van der Waals surface area contributed by atoms with Gasteiger partial charge in [0.15, 0.2) is 0 Å². The molecule has 2 fully saturated rings. The highest BCUT2D eigenvalue weighted by Gasteiger charge is 2.30. The molecule has 1 aliphatic carbocycles. The number of rotatable bonds is 5. The van der Waals surface area contributed by atoms with Gasteiger partial charge in [-0.15, -0.1) is 0 Å². The number of hydrogen-bond donors (Lipinski definition) is 1. The fraction of sp³-hybridized carbons (Fsp3) is 0.619. The Kier molecular flexibility index (Phi) is 6.53. The molecule has 5 heteroatoms. The Balaban J connectivity index is 1.47. The van der Waals surface area contributed by atoms with Crippen molar-refractivity contribution in [2.24, 2.45) is 0 Å². The van der Waals surface area contributed by atoms with Gasteiger partial charge in [-0.25, -0.2) is 4.79 Å². The number of nitrogens with one attached hydrogen (secondary N) is 1. The van der Waals surface area contributed by atoms with Crippen LogP contribution in [0.2, 0.25) is 0 Å². The maximum Gasteiger partial charge on any atom is 0.320 e. The molecule has 142 valence electrons. The van der Waals surface area contributed by atoms with Crippen LogP contribution >= 0.6 is 0 Å². The van der Waals surface area contributed by atoms with Crippen molar-refractivity contribution in [3.63, 3.8) is 0 Å². The van der Waals surface area contributed by atoms with Crippen molar-refractivity contribution < 1.29 is 9.59 Å². The van der Waals surface area contributed by atoms with Crippen LogP contribution < -0.4 is 5.32 Å². The lowest BCUT2D eigenvalue weighted by Gasteiger charge is -2.23. The predicted molar refractivity (Wildman–Crippen MR) is 103 cm³/mol. The number of carbonyl (C=O) groups excluding carboxylic acids is 2. The van der Waals surface area contributed by atoms with Crippen LogP contribution in [-0.4, -0.2) is 47.4 Å². The number of benzene rings is 1. The molecule has 1 aromatic carbocycles. The van der Waals surface area contributed by atoms with E-state index in [0.29, 0.717) is 19.6 Å². The molecule has 1 saturated heterocycles. The number of aryl methyl sites for hydroxylation is 1. The summed E-state index contributed by atoms with van der Waals surface area (Å²) >= 11 is 0. The Labute approximate surface area is 156 Å². The number of nitrogens with zero attached hydrogens (tertiary/aromatic N) is 2. The van der Waals surface area contributed by atoms with Gasteiger partial charge < -0.3 is 15.1 Å². The zero-order valence-electron chi connectivity index (χ0n) is 15.9. The molecule has 0 aromatic heterocycles. The van der Waals surface area contributed by atoms with Gasteiger partial charge in [0.05, 0.1) is 0 Å². The Hall–Kier alpha value is -2.04. The van der Waals surface area contributed by atoms with Crippen molar-refractivity contribution >= 4 is 11.9 Å². The standard InChI is InChI=1S/C21H31N3O2/c1-17-8-7-9-18(14-17)15-23-12-13-24(21(23)26)16-20(25)22-19-10-5-3-2-4-6-11-19/h7-9,14,19H,2-6,10-13,15-16H2,1H3,(H,22,25). The SMILES string of the molecule is Cc1cccc(CN2CCN(CC(=O)NC3CCCCCCC3)C2=O)c1. The van der Waals surface area contributed by atoms with E-state index in [1.807, 2.05) is 17.0 Å². The van der Waals surface area contributed by atoms with Crippen LogP contribution in [0.15, 0.2) is 24.3 Å². The fourth-order valence-corrected chi connectivity index (χ4v) is 4.00. The Morgan fingerprint density at radius 1 is 1.08 bits per heavy atom. The predicted octanol–water partition coefficient (Wildman–Crippen LogP) is 3.46. The lowest BCUT2D eigenvalue weighted by Crippen LogP contribution is -2.43. The van der Waals surface area contributed by atoms with Gasteiger partial charge in [0, 0.05) is 25.7 Å². The van der Waals surface area contributed by atoms with Gasteiger partial charge in [0.2, 0.25) is 5.91 Å². The second-order valence-corrected chi connectivity index (χ2v) is 7.72. The highest BCUT2D eigenvalue weighted by molar-refractivity contribution is 5.85. The first kappa shape index (κ1) is 18.7. The van der Waals surface area contributed by atoms with Gasteiger partial charge in [-0.1, -0.05) is 61.9 Å². The van der Waals surface area contributed by atoms with Crippen LogP contribution in [0.1, 0.15) is 56.1 Å². The largest absolute Gasteiger partial charge is 0.352 e. The minimum absolute atomic E-state index is 0.0127. The molecule has 1 saturated carbocycles. The zero-order valence-corrected chi connectivity index (χ0v) is 15.9. The van der Waals surface area contributed by atoms with Gasteiger partial charge in [0.1, 0.15) is 6.54 Å². The van der Waals surface area contributed by atoms with Gasteiger partial charge >= 0.3 is 6.03 Å². The van der Waals surface area contributed by atoms with E-state index in [1.165, 1.54) is 37.7 Å². The average molecular weight is 357 g/mol. The second kappa shape index (κ2) is 9.06. The summed E-state index contributed by atoms with van der Waals surface area (Å²) in [6, 6.07) is 8.48. The number of amides is 3. The highest BCUT2D eigenvalue weighted by Crippen LogP contribution is 2.18. The monoisotopic (exact) mass is 357 g/mol. The smallest absolute Gasteiger partial charge is 0.320 e. The van der Waals surface area contributed by atoms with Crippen molar-refractivity contribution in [2.75, 3.05) is 19.6 Å². The van der Waals surface area contributed by atoms with Crippen molar-refractivity contribution in [2.45, 2.75) is 64.5 Å². The zero-order chi connectivity index (χ0) is 18.4. The Morgan fingerprint density at radius 2 is 1.77 bits per heavy atom. The van der Waals surface area contributed by atoms with E-state index in [0.717, 1.165) is 18.4 Å². The molecule has 26 heavy (non-hydrogen) atoms. The Morgan fingerprint density at radius 3 is 2.50 bits per heavy atom. The molecule has 0 radical (unpaired) electrons. The van der Waals surface area contributed by atoms with Crippen molar-refractivity contribution in [3.05, 3.63) is 35.4 Å². The lowest BCUT2D eigenvalue weighted by atomic mass is 9.97. The van der Waals surface area contributed by atoms with Crippen LogP contribution in [0.3, 0.4) is 0 Å².